The summed E-state index contributed by atoms with van der Waals surface area (Å²) in [6.45, 7) is 3.20. The van der Waals surface area contributed by atoms with Gasteiger partial charge in [-0.25, -0.2) is 0 Å². The molecule has 0 amide bonds. The fraction of sp³-hybridized carbons (Fsp3) is 0.368. The van der Waals surface area contributed by atoms with E-state index in [1.165, 1.54) is 11.1 Å². The second-order valence-corrected chi connectivity index (χ2v) is 6.59. The molecule has 1 aliphatic rings. The summed E-state index contributed by atoms with van der Waals surface area (Å²) in [6.07, 6.45) is 2.14. The predicted molar refractivity (Wildman–Crippen MR) is 93.4 cm³/mol. The molecule has 2 N–H and O–H groups in total. The van der Waals surface area contributed by atoms with Crippen LogP contribution >= 0.6 is 11.6 Å². The third kappa shape index (κ3) is 3.89. The first-order valence-corrected chi connectivity index (χ1v) is 8.37. The molecular formula is C19H23ClN2. The summed E-state index contributed by atoms with van der Waals surface area (Å²) in [4.78, 5) is 2.53. The Morgan fingerprint density at radius 2 is 1.91 bits per heavy atom. The molecular weight excluding hydrogens is 292 g/mol. The van der Waals surface area contributed by atoms with Crippen LogP contribution in [0.3, 0.4) is 0 Å². The van der Waals surface area contributed by atoms with Crippen LogP contribution in [0.25, 0.3) is 0 Å². The molecule has 0 unspecified atom stereocenters. The average molecular weight is 315 g/mol. The second kappa shape index (κ2) is 7.28. The van der Waals surface area contributed by atoms with Crippen LogP contribution in [0.15, 0.2) is 54.6 Å². The Morgan fingerprint density at radius 1 is 1.09 bits per heavy atom. The van der Waals surface area contributed by atoms with Crippen molar-refractivity contribution < 1.29 is 0 Å². The van der Waals surface area contributed by atoms with E-state index in [0.717, 1.165) is 37.5 Å². The lowest BCUT2D eigenvalue weighted by molar-refractivity contribution is 0.192. The fourth-order valence-corrected chi connectivity index (χ4v) is 3.46. The van der Waals surface area contributed by atoms with Gasteiger partial charge in [0.15, 0.2) is 0 Å². The normalized spacial score (nSPS) is 22.6. The molecule has 3 rings (SSSR count). The molecule has 0 aliphatic carbocycles. The number of hydrogen-bond acceptors (Lipinski definition) is 2. The summed E-state index contributed by atoms with van der Waals surface area (Å²) in [6, 6.07) is 19.1. The van der Waals surface area contributed by atoms with E-state index in [1.807, 2.05) is 12.1 Å². The van der Waals surface area contributed by atoms with Crippen LogP contribution in [0, 0.1) is 0 Å². The number of hydrogen-bond donors (Lipinski definition) is 1. The first-order chi connectivity index (χ1) is 10.7. The highest BCUT2D eigenvalue weighted by Crippen LogP contribution is 2.28. The van der Waals surface area contributed by atoms with Crippen LogP contribution in [0.1, 0.15) is 23.5 Å². The van der Waals surface area contributed by atoms with Crippen molar-refractivity contribution in [3.05, 3.63) is 70.7 Å². The van der Waals surface area contributed by atoms with Crippen LogP contribution in [0.4, 0.5) is 0 Å². The minimum absolute atomic E-state index is 0.228. The van der Waals surface area contributed by atoms with Gasteiger partial charge in [0.2, 0.25) is 0 Å². The van der Waals surface area contributed by atoms with E-state index in [9.17, 15) is 0 Å². The molecule has 0 aromatic heterocycles. The molecule has 2 aromatic rings. The third-order valence-electron chi connectivity index (χ3n) is 4.59. The van der Waals surface area contributed by atoms with Crippen molar-refractivity contribution in [3.8, 4) is 0 Å². The van der Waals surface area contributed by atoms with Crippen LogP contribution in [-0.4, -0.2) is 30.6 Å². The minimum Gasteiger partial charge on any atom is -0.327 e. The van der Waals surface area contributed by atoms with E-state index in [0.29, 0.717) is 5.92 Å². The van der Waals surface area contributed by atoms with Gasteiger partial charge in [-0.2, -0.15) is 0 Å². The first kappa shape index (κ1) is 15.5. The summed E-state index contributed by atoms with van der Waals surface area (Å²) in [7, 11) is 0. The van der Waals surface area contributed by atoms with Gasteiger partial charge in [-0.3, -0.25) is 0 Å². The SMILES string of the molecule is N[C@@H]1CCN(CCc2ccccc2)C[C@@H]1c1cccc(Cl)c1. The van der Waals surface area contributed by atoms with Crippen molar-refractivity contribution in [2.45, 2.75) is 24.8 Å². The van der Waals surface area contributed by atoms with Gasteiger partial charge in [0.05, 0.1) is 0 Å². The van der Waals surface area contributed by atoms with Crippen LogP contribution in [-0.2, 0) is 6.42 Å². The zero-order chi connectivity index (χ0) is 15.4. The quantitative estimate of drug-likeness (QED) is 0.932. The first-order valence-electron chi connectivity index (χ1n) is 8.00. The maximum Gasteiger partial charge on any atom is 0.0408 e. The van der Waals surface area contributed by atoms with Gasteiger partial charge in [0.25, 0.3) is 0 Å². The van der Waals surface area contributed by atoms with Crippen LogP contribution in [0.2, 0.25) is 5.02 Å². The number of nitrogens with zero attached hydrogens (tertiary/aromatic N) is 1. The number of halogens is 1. The van der Waals surface area contributed by atoms with Gasteiger partial charge in [0.1, 0.15) is 0 Å². The third-order valence-corrected chi connectivity index (χ3v) is 4.82. The average Bonchev–Trinajstić information content (AvgIpc) is 2.55. The number of piperidine rings is 1. The summed E-state index contributed by atoms with van der Waals surface area (Å²) >= 11 is 6.13. The van der Waals surface area contributed by atoms with Gasteiger partial charge in [-0.1, -0.05) is 54.1 Å². The van der Waals surface area contributed by atoms with Crippen molar-refractivity contribution in [1.82, 2.24) is 4.90 Å². The molecule has 0 radical (unpaired) electrons. The van der Waals surface area contributed by atoms with Crippen molar-refractivity contribution in [3.63, 3.8) is 0 Å². The second-order valence-electron chi connectivity index (χ2n) is 6.15. The molecule has 0 saturated carbocycles. The van der Waals surface area contributed by atoms with Crippen molar-refractivity contribution in [2.75, 3.05) is 19.6 Å². The predicted octanol–water partition coefficient (Wildman–Crippen LogP) is 3.70. The van der Waals surface area contributed by atoms with Gasteiger partial charge < -0.3 is 10.6 Å². The summed E-state index contributed by atoms with van der Waals surface area (Å²) < 4.78 is 0. The Bertz CT molecular complexity index is 599. The number of rotatable bonds is 4. The molecule has 1 saturated heterocycles. The van der Waals surface area contributed by atoms with E-state index >= 15 is 0 Å². The molecule has 0 bridgehead atoms. The zero-order valence-corrected chi connectivity index (χ0v) is 13.5. The molecule has 1 heterocycles. The minimum atomic E-state index is 0.228. The van der Waals surface area contributed by atoms with Crippen LogP contribution < -0.4 is 5.73 Å². The molecule has 2 aromatic carbocycles. The van der Waals surface area contributed by atoms with Gasteiger partial charge in [-0.05, 0) is 42.6 Å². The Hall–Kier alpha value is -1.35. The maximum atomic E-state index is 6.36. The lowest BCUT2D eigenvalue weighted by Crippen LogP contribution is -2.46. The van der Waals surface area contributed by atoms with Gasteiger partial charge in [-0.15, -0.1) is 0 Å². The number of nitrogens with two attached hydrogens (primary N) is 1. The fourth-order valence-electron chi connectivity index (χ4n) is 3.26. The van der Waals surface area contributed by atoms with E-state index in [-0.39, 0.29) is 6.04 Å². The maximum absolute atomic E-state index is 6.36. The summed E-state index contributed by atoms with van der Waals surface area (Å²) in [5.41, 5.74) is 9.03. The molecule has 1 aliphatic heterocycles. The number of likely N-dealkylation sites (tertiary alicyclic amines) is 1. The van der Waals surface area contributed by atoms with Crippen molar-refractivity contribution in [2.24, 2.45) is 5.73 Å². The van der Waals surface area contributed by atoms with E-state index < -0.39 is 0 Å². The number of benzene rings is 2. The molecule has 116 valence electrons. The lowest BCUT2D eigenvalue weighted by atomic mass is 9.86. The highest BCUT2D eigenvalue weighted by molar-refractivity contribution is 6.30. The molecule has 1 fully saturated rings. The Labute approximate surface area is 137 Å². The van der Waals surface area contributed by atoms with Gasteiger partial charge in [0, 0.05) is 30.1 Å². The standard InChI is InChI=1S/C19H23ClN2/c20-17-8-4-7-16(13-17)18-14-22(12-10-19(18)21)11-9-15-5-2-1-3-6-15/h1-8,13,18-19H,9-12,14,21H2/t18-,19-/m1/s1. The Balaban J connectivity index is 1.63. The highest BCUT2D eigenvalue weighted by Gasteiger charge is 2.27. The van der Waals surface area contributed by atoms with Gasteiger partial charge >= 0.3 is 0 Å². The Kier molecular flexibility index (Phi) is 5.14. The topological polar surface area (TPSA) is 29.3 Å². The smallest absolute Gasteiger partial charge is 0.0408 e. The Morgan fingerprint density at radius 3 is 2.68 bits per heavy atom. The summed E-state index contributed by atoms with van der Waals surface area (Å²) in [5, 5.41) is 0.797. The zero-order valence-electron chi connectivity index (χ0n) is 12.8. The lowest BCUT2D eigenvalue weighted by Gasteiger charge is -2.37. The van der Waals surface area contributed by atoms with Crippen molar-refractivity contribution >= 4 is 11.6 Å². The molecule has 2 atom stereocenters. The highest BCUT2D eigenvalue weighted by atomic mass is 35.5. The van der Waals surface area contributed by atoms with Crippen molar-refractivity contribution in [1.29, 1.82) is 0 Å². The largest absolute Gasteiger partial charge is 0.327 e. The van der Waals surface area contributed by atoms with E-state index in [1.54, 1.807) is 0 Å². The summed E-state index contributed by atoms with van der Waals surface area (Å²) in [5.74, 6) is 0.378. The monoisotopic (exact) mass is 314 g/mol. The van der Waals surface area contributed by atoms with E-state index in [4.69, 9.17) is 17.3 Å². The molecule has 2 nitrogen and oxygen atoms in total. The molecule has 3 heteroatoms. The van der Waals surface area contributed by atoms with Crippen LogP contribution in [0.5, 0.6) is 0 Å². The molecule has 22 heavy (non-hydrogen) atoms. The van der Waals surface area contributed by atoms with E-state index in [2.05, 4.69) is 47.4 Å². The molecule has 0 spiro atoms.